The molecule has 0 aliphatic rings. The first-order valence-corrected chi connectivity index (χ1v) is 4.36. The number of nitrogens with one attached hydrogen (secondary N) is 1. The first-order chi connectivity index (χ1) is 7.00. The molecule has 6 heteroatoms. The predicted octanol–water partition coefficient (Wildman–Crippen LogP) is -0.0225. The van der Waals surface area contributed by atoms with Gasteiger partial charge in [-0.15, -0.1) is 0 Å². The Bertz CT molecular complexity index is 425. The first kappa shape index (κ1) is 11.1. The lowest BCUT2D eigenvalue weighted by atomic mass is 10.4. The third-order valence-electron chi connectivity index (χ3n) is 1.89. The summed E-state index contributed by atoms with van der Waals surface area (Å²) < 4.78 is 1.29. The second-order valence-electron chi connectivity index (χ2n) is 3.07. The van der Waals surface area contributed by atoms with Gasteiger partial charge in [0.15, 0.2) is 0 Å². The summed E-state index contributed by atoms with van der Waals surface area (Å²) in [5.74, 6) is -0.676. The molecule has 1 aromatic rings. The number of carboxylic acids is 1. The number of hydrogen-bond acceptors (Lipinski definition) is 4. The van der Waals surface area contributed by atoms with Gasteiger partial charge in [-0.05, 0) is 0 Å². The summed E-state index contributed by atoms with van der Waals surface area (Å²) in [5, 5.41) is 20.3. The average Bonchev–Trinajstić information content (AvgIpc) is 2.12. The predicted molar refractivity (Wildman–Crippen MR) is 54.1 cm³/mol. The highest BCUT2D eigenvalue weighted by molar-refractivity contribution is 5.67. The van der Waals surface area contributed by atoms with Gasteiger partial charge < -0.3 is 15.5 Å². The number of rotatable bonds is 4. The molecule has 0 aliphatic heterocycles. The number of carboxylic acid groups (broad SMARTS) is 1. The lowest BCUT2D eigenvalue weighted by Gasteiger charge is -2.09. The summed E-state index contributed by atoms with van der Waals surface area (Å²) in [6.45, 7) is 0.200. The number of anilines is 1. The van der Waals surface area contributed by atoms with Crippen molar-refractivity contribution < 1.29 is 15.0 Å². The van der Waals surface area contributed by atoms with E-state index in [1.54, 1.807) is 0 Å². The lowest BCUT2D eigenvalue weighted by molar-refractivity contribution is -0.136. The maximum absolute atomic E-state index is 11.2. The molecule has 0 bridgehead atoms. The molecule has 1 rings (SSSR count). The molecule has 6 nitrogen and oxygen atoms in total. The molecule has 1 heterocycles. The van der Waals surface area contributed by atoms with Crippen LogP contribution < -0.4 is 10.9 Å². The van der Waals surface area contributed by atoms with Crippen molar-refractivity contribution in [2.24, 2.45) is 7.05 Å². The fraction of sp³-hybridized carbons (Fsp3) is 0.333. The van der Waals surface area contributed by atoms with Crippen LogP contribution in [-0.2, 0) is 11.8 Å². The standard InChI is InChI=1S/C9H12N2O4/c1-11-7(10-3-2-9(14)15)4-6(12)5-8(11)13/h4-5,10,12H,2-3H2,1H3,(H,14,15). The average molecular weight is 212 g/mol. The Morgan fingerprint density at radius 1 is 1.53 bits per heavy atom. The molecular formula is C9H12N2O4. The lowest BCUT2D eigenvalue weighted by Crippen LogP contribution is -2.20. The van der Waals surface area contributed by atoms with E-state index in [1.165, 1.54) is 17.7 Å². The number of hydrogen-bond donors (Lipinski definition) is 3. The minimum Gasteiger partial charge on any atom is -0.508 e. The number of aromatic hydroxyl groups is 1. The van der Waals surface area contributed by atoms with Gasteiger partial charge in [-0.25, -0.2) is 0 Å². The first-order valence-electron chi connectivity index (χ1n) is 4.36. The molecule has 0 aliphatic carbocycles. The molecule has 0 radical (unpaired) electrons. The largest absolute Gasteiger partial charge is 0.508 e. The zero-order valence-electron chi connectivity index (χ0n) is 8.23. The summed E-state index contributed by atoms with van der Waals surface area (Å²) in [6, 6.07) is 2.45. The van der Waals surface area contributed by atoms with Gasteiger partial charge >= 0.3 is 5.97 Å². The highest BCUT2D eigenvalue weighted by Gasteiger charge is 2.03. The van der Waals surface area contributed by atoms with E-state index in [0.717, 1.165) is 6.07 Å². The van der Waals surface area contributed by atoms with E-state index in [9.17, 15) is 9.59 Å². The summed E-state index contributed by atoms with van der Waals surface area (Å²) in [5.41, 5.74) is -0.354. The van der Waals surface area contributed by atoms with Crippen LogP contribution in [0.1, 0.15) is 6.42 Å². The fourth-order valence-electron chi connectivity index (χ4n) is 1.09. The van der Waals surface area contributed by atoms with Crippen molar-refractivity contribution in [3.8, 4) is 5.75 Å². The van der Waals surface area contributed by atoms with Gasteiger partial charge in [0.2, 0.25) is 0 Å². The number of aliphatic carboxylic acids is 1. The molecule has 0 atom stereocenters. The molecule has 82 valence electrons. The van der Waals surface area contributed by atoms with E-state index in [0.29, 0.717) is 5.82 Å². The Balaban J connectivity index is 2.77. The van der Waals surface area contributed by atoms with Gasteiger partial charge in [0, 0.05) is 25.7 Å². The summed E-state index contributed by atoms with van der Waals surface area (Å²) in [4.78, 5) is 21.5. The smallest absolute Gasteiger partial charge is 0.305 e. The second-order valence-corrected chi connectivity index (χ2v) is 3.07. The van der Waals surface area contributed by atoms with Crippen molar-refractivity contribution in [2.45, 2.75) is 6.42 Å². The molecule has 0 spiro atoms. The SMILES string of the molecule is Cn1c(NCCC(=O)O)cc(O)cc1=O. The number of pyridine rings is 1. The van der Waals surface area contributed by atoms with Crippen molar-refractivity contribution in [1.82, 2.24) is 4.57 Å². The second kappa shape index (κ2) is 4.50. The quantitative estimate of drug-likeness (QED) is 0.652. The third kappa shape index (κ3) is 3.01. The summed E-state index contributed by atoms with van der Waals surface area (Å²) in [6.07, 6.45) is -0.0517. The molecule has 0 fully saturated rings. The van der Waals surface area contributed by atoms with Gasteiger partial charge in [0.25, 0.3) is 5.56 Å². The molecule has 1 aromatic heterocycles. The van der Waals surface area contributed by atoms with Crippen LogP contribution in [0.4, 0.5) is 5.82 Å². The Kier molecular flexibility index (Phi) is 3.33. The van der Waals surface area contributed by atoms with Crippen molar-refractivity contribution in [3.05, 3.63) is 22.5 Å². The number of nitrogens with zero attached hydrogens (tertiary/aromatic N) is 1. The summed E-state index contributed by atoms with van der Waals surface area (Å²) in [7, 11) is 1.53. The van der Waals surface area contributed by atoms with Crippen molar-refractivity contribution in [2.75, 3.05) is 11.9 Å². The van der Waals surface area contributed by atoms with E-state index in [4.69, 9.17) is 10.2 Å². The Morgan fingerprint density at radius 3 is 2.80 bits per heavy atom. The van der Waals surface area contributed by atoms with Crippen LogP contribution in [0.5, 0.6) is 5.75 Å². The van der Waals surface area contributed by atoms with Gasteiger partial charge in [-0.2, -0.15) is 0 Å². The minimum atomic E-state index is -0.923. The normalized spacial score (nSPS) is 9.93. The summed E-state index contributed by atoms with van der Waals surface area (Å²) >= 11 is 0. The van der Waals surface area contributed by atoms with Gasteiger partial charge in [0.1, 0.15) is 11.6 Å². The monoisotopic (exact) mass is 212 g/mol. The van der Waals surface area contributed by atoms with Crippen molar-refractivity contribution in [3.63, 3.8) is 0 Å². The van der Waals surface area contributed by atoms with E-state index < -0.39 is 5.97 Å². The van der Waals surface area contributed by atoms with Gasteiger partial charge in [0.05, 0.1) is 6.42 Å². The molecule has 0 unspecified atom stereocenters. The molecule has 0 amide bonds. The fourth-order valence-corrected chi connectivity index (χ4v) is 1.09. The van der Waals surface area contributed by atoms with Crippen LogP contribution >= 0.6 is 0 Å². The van der Waals surface area contributed by atoms with Crippen LogP contribution in [0.2, 0.25) is 0 Å². The van der Waals surface area contributed by atoms with E-state index in [-0.39, 0.29) is 24.3 Å². The molecule has 3 N–H and O–H groups in total. The molecule has 0 saturated carbocycles. The molecule has 0 aromatic carbocycles. The van der Waals surface area contributed by atoms with Gasteiger partial charge in [-0.1, -0.05) is 0 Å². The Morgan fingerprint density at radius 2 is 2.20 bits per heavy atom. The van der Waals surface area contributed by atoms with E-state index in [1.807, 2.05) is 0 Å². The van der Waals surface area contributed by atoms with Crippen LogP contribution in [-0.4, -0.2) is 27.3 Å². The third-order valence-corrected chi connectivity index (χ3v) is 1.89. The van der Waals surface area contributed by atoms with E-state index in [2.05, 4.69) is 5.32 Å². The van der Waals surface area contributed by atoms with Crippen LogP contribution in [0.3, 0.4) is 0 Å². The van der Waals surface area contributed by atoms with Crippen LogP contribution in [0.25, 0.3) is 0 Å². The molecule has 15 heavy (non-hydrogen) atoms. The van der Waals surface area contributed by atoms with Crippen LogP contribution in [0, 0.1) is 0 Å². The number of carbonyl (C=O) groups is 1. The maximum Gasteiger partial charge on any atom is 0.305 e. The minimum absolute atomic E-state index is 0.0517. The number of aromatic nitrogens is 1. The van der Waals surface area contributed by atoms with Gasteiger partial charge in [-0.3, -0.25) is 14.2 Å². The zero-order chi connectivity index (χ0) is 11.4. The molecule has 0 saturated heterocycles. The van der Waals surface area contributed by atoms with E-state index >= 15 is 0 Å². The highest BCUT2D eigenvalue weighted by Crippen LogP contribution is 2.11. The van der Waals surface area contributed by atoms with Crippen molar-refractivity contribution >= 4 is 11.8 Å². The zero-order valence-corrected chi connectivity index (χ0v) is 8.23. The maximum atomic E-state index is 11.2. The topological polar surface area (TPSA) is 91.6 Å². The molecular weight excluding hydrogens is 200 g/mol. The Labute approximate surface area is 85.8 Å². The highest BCUT2D eigenvalue weighted by atomic mass is 16.4. The Hall–Kier alpha value is -1.98. The van der Waals surface area contributed by atoms with Crippen LogP contribution in [0.15, 0.2) is 16.9 Å². The van der Waals surface area contributed by atoms with Crippen molar-refractivity contribution in [1.29, 1.82) is 0 Å².